The first-order valence-electron chi connectivity index (χ1n) is 5.68. The van der Waals surface area contributed by atoms with E-state index in [0.717, 1.165) is 11.4 Å². The molecule has 0 saturated carbocycles. The highest BCUT2D eigenvalue weighted by atomic mass is 16.3. The summed E-state index contributed by atoms with van der Waals surface area (Å²) >= 11 is 0. The third-order valence-electron chi connectivity index (χ3n) is 2.52. The van der Waals surface area contributed by atoms with Crippen LogP contribution in [0.1, 0.15) is 21.7 Å². The van der Waals surface area contributed by atoms with E-state index in [9.17, 15) is 9.90 Å². The van der Waals surface area contributed by atoms with Crippen LogP contribution in [0.15, 0.2) is 24.3 Å². The number of phenolic OH excluding ortho intramolecular Hbond substituents is 1. The van der Waals surface area contributed by atoms with Crippen LogP contribution >= 0.6 is 0 Å². The van der Waals surface area contributed by atoms with Crippen molar-refractivity contribution in [3.63, 3.8) is 0 Å². The summed E-state index contributed by atoms with van der Waals surface area (Å²) in [6.45, 7) is 3.62. The molecule has 2 rings (SSSR count). The third kappa shape index (κ3) is 2.79. The van der Waals surface area contributed by atoms with Crippen molar-refractivity contribution in [1.29, 1.82) is 0 Å². The molecule has 0 fully saturated rings. The van der Waals surface area contributed by atoms with Crippen LogP contribution < -0.4 is 11.1 Å². The highest BCUT2D eigenvalue weighted by Gasteiger charge is 2.14. The number of aryl methyl sites for hydroxylation is 2. The van der Waals surface area contributed by atoms with Gasteiger partial charge in [0.2, 0.25) is 5.95 Å². The summed E-state index contributed by atoms with van der Waals surface area (Å²) in [5.74, 6) is -0.552. The Bertz CT molecular complexity index is 620. The number of hydrogen-bond donors (Lipinski definition) is 3. The van der Waals surface area contributed by atoms with Gasteiger partial charge < -0.3 is 10.8 Å². The van der Waals surface area contributed by atoms with Crippen molar-refractivity contribution in [3.05, 3.63) is 41.2 Å². The highest BCUT2D eigenvalue weighted by Crippen LogP contribution is 2.24. The largest absolute Gasteiger partial charge is 0.505 e. The van der Waals surface area contributed by atoms with Crippen molar-refractivity contribution in [1.82, 2.24) is 9.97 Å². The van der Waals surface area contributed by atoms with E-state index >= 15 is 0 Å². The predicted molar refractivity (Wildman–Crippen MR) is 72.0 cm³/mol. The van der Waals surface area contributed by atoms with E-state index in [1.54, 1.807) is 12.1 Å². The number of para-hydroxylation sites is 1. The first-order chi connectivity index (χ1) is 8.97. The molecule has 6 heteroatoms. The molecule has 0 saturated heterocycles. The van der Waals surface area contributed by atoms with E-state index in [1.165, 1.54) is 12.1 Å². The summed E-state index contributed by atoms with van der Waals surface area (Å²) in [4.78, 5) is 20.2. The van der Waals surface area contributed by atoms with E-state index < -0.39 is 5.91 Å². The Morgan fingerprint density at radius 1 is 1.26 bits per heavy atom. The summed E-state index contributed by atoms with van der Waals surface area (Å²) in [6.07, 6.45) is 0. The van der Waals surface area contributed by atoms with Gasteiger partial charge in [0.1, 0.15) is 0 Å². The van der Waals surface area contributed by atoms with Crippen molar-refractivity contribution in [2.75, 3.05) is 11.1 Å². The minimum Gasteiger partial charge on any atom is -0.505 e. The van der Waals surface area contributed by atoms with Gasteiger partial charge in [0.05, 0.1) is 11.3 Å². The summed E-state index contributed by atoms with van der Waals surface area (Å²) in [5.41, 5.74) is 7.27. The fourth-order valence-electron chi connectivity index (χ4n) is 1.70. The summed E-state index contributed by atoms with van der Waals surface area (Å²) in [7, 11) is 0. The van der Waals surface area contributed by atoms with Crippen LogP contribution in [-0.4, -0.2) is 21.0 Å². The molecule has 0 aliphatic carbocycles. The molecule has 2 aromatic rings. The molecule has 0 atom stereocenters. The Labute approximate surface area is 110 Å². The van der Waals surface area contributed by atoms with Crippen LogP contribution in [0.25, 0.3) is 0 Å². The maximum atomic E-state index is 12.0. The monoisotopic (exact) mass is 258 g/mol. The second-order valence-corrected chi connectivity index (χ2v) is 4.17. The lowest BCUT2D eigenvalue weighted by Crippen LogP contribution is -2.15. The van der Waals surface area contributed by atoms with E-state index in [1.807, 2.05) is 13.8 Å². The van der Waals surface area contributed by atoms with Gasteiger partial charge in [-0.25, -0.2) is 9.97 Å². The molecule has 0 unspecified atom stereocenters. The van der Waals surface area contributed by atoms with Gasteiger partial charge >= 0.3 is 0 Å². The number of nitrogens with zero attached hydrogens (tertiary/aromatic N) is 2. The number of rotatable bonds is 2. The van der Waals surface area contributed by atoms with Crippen LogP contribution in [-0.2, 0) is 0 Å². The molecule has 0 aliphatic heterocycles. The lowest BCUT2D eigenvalue weighted by atomic mass is 10.1. The van der Waals surface area contributed by atoms with Crippen molar-refractivity contribution in [3.8, 4) is 5.75 Å². The fourth-order valence-corrected chi connectivity index (χ4v) is 1.70. The van der Waals surface area contributed by atoms with E-state index in [-0.39, 0.29) is 22.9 Å². The maximum absolute atomic E-state index is 12.0. The topological polar surface area (TPSA) is 101 Å². The SMILES string of the molecule is Cc1cc(C)nc(NC(=O)c2cccc(N)c2O)n1. The third-order valence-corrected chi connectivity index (χ3v) is 2.52. The minimum atomic E-state index is -0.505. The maximum Gasteiger partial charge on any atom is 0.261 e. The summed E-state index contributed by atoms with van der Waals surface area (Å²) in [5, 5.41) is 12.3. The molecule has 0 aliphatic rings. The summed E-state index contributed by atoms with van der Waals surface area (Å²) in [6, 6.07) is 6.38. The standard InChI is InChI=1S/C13H14N4O2/c1-7-6-8(2)16-13(15-7)17-12(19)9-4-3-5-10(14)11(9)18/h3-6,18H,14H2,1-2H3,(H,15,16,17,19). The van der Waals surface area contributed by atoms with E-state index in [2.05, 4.69) is 15.3 Å². The Balaban J connectivity index is 2.28. The molecule has 6 nitrogen and oxygen atoms in total. The van der Waals surface area contributed by atoms with Crippen molar-refractivity contribution < 1.29 is 9.90 Å². The molecule has 0 bridgehead atoms. The van der Waals surface area contributed by atoms with Gasteiger partial charge in [0, 0.05) is 11.4 Å². The second kappa shape index (κ2) is 4.93. The number of benzene rings is 1. The van der Waals surface area contributed by atoms with Gasteiger partial charge in [-0.2, -0.15) is 0 Å². The lowest BCUT2D eigenvalue weighted by Gasteiger charge is -2.08. The number of amides is 1. The summed E-state index contributed by atoms with van der Waals surface area (Å²) < 4.78 is 0. The van der Waals surface area contributed by atoms with Gasteiger partial charge in [0.15, 0.2) is 5.75 Å². The first-order valence-corrected chi connectivity index (χ1v) is 5.68. The van der Waals surface area contributed by atoms with Crippen LogP contribution in [0.2, 0.25) is 0 Å². The Kier molecular flexibility index (Phi) is 3.33. The van der Waals surface area contributed by atoms with Crippen molar-refractivity contribution in [2.45, 2.75) is 13.8 Å². The number of nitrogens with one attached hydrogen (secondary N) is 1. The number of carbonyl (C=O) groups excluding carboxylic acids is 1. The molecule has 98 valence electrons. The number of nitrogens with two attached hydrogens (primary N) is 1. The van der Waals surface area contributed by atoms with Crippen LogP contribution in [0, 0.1) is 13.8 Å². The number of aromatic hydroxyl groups is 1. The normalized spacial score (nSPS) is 10.2. The van der Waals surface area contributed by atoms with Gasteiger partial charge in [0.25, 0.3) is 5.91 Å². The zero-order chi connectivity index (χ0) is 14.0. The molecule has 0 radical (unpaired) electrons. The van der Waals surface area contributed by atoms with Crippen LogP contribution in [0.5, 0.6) is 5.75 Å². The Morgan fingerprint density at radius 3 is 2.53 bits per heavy atom. The smallest absolute Gasteiger partial charge is 0.261 e. The average molecular weight is 258 g/mol. The first kappa shape index (κ1) is 12.8. The molecular weight excluding hydrogens is 244 g/mol. The number of phenols is 1. The number of carbonyl (C=O) groups is 1. The number of aromatic nitrogens is 2. The number of hydrogen-bond acceptors (Lipinski definition) is 5. The van der Waals surface area contributed by atoms with Gasteiger partial charge in [-0.3, -0.25) is 10.1 Å². The number of anilines is 2. The van der Waals surface area contributed by atoms with Crippen molar-refractivity contribution >= 4 is 17.5 Å². The number of nitrogen functional groups attached to an aromatic ring is 1. The van der Waals surface area contributed by atoms with Gasteiger partial charge in [-0.05, 0) is 32.0 Å². The molecular formula is C13H14N4O2. The van der Waals surface area contributed by atoms with Crippen LogP contribution in [0.3, 0.4) is 0 Å². The quantitative estimate of drug-likeness (QED) is 0.561. The second-order valence-electron chi connectivity index (χ2n) is 4.17. The highest BCUT2D eigenvalue weighted by molar-refractivity contribution is 6.06. The molecule has 0 spiro atoms. The van der Waals surface area contributed by atoms with E-state index in [4.69, 9.17) is 5.73 Å². The minimum absolute atomic E-state index is 0.0859. The van der Waals surface area contributed by atoms with Gasteiger partial charge in [-0.1, -0.05) is 6.07 Å². The molecule has 1 heterocycles. The fraction of sp³-hybridized carbons (Fsp3) is 0.154. The molecule has 4 N–H and O–H groups in total. The Morgan fingerprint density at radius 2 is 1.89 bits per heavy atom. The molecule has 1 amide bonds. The van der Waals surface area contributed by atoms with E-state index in [0.29, 0.717) is 0 Å². The average Bonchev–Trinajstić information content (AvgIpc) is 2.31. The molecule has 1 aromatic carbocycles. The molecule has 1 aromatic heterocycles. The molecule has 19 heavy (non-hydrogen) atoms. The van der Waals surface area contributed by atoms with Crippen molar-refractivity contribution in [2.24, 2.45) is 0 Å². The van der Waals surface area contributed by atoms with Crippen LogP contribution in [0.4, 0.5) is 11.6 Å². The predicted octanol–water partition coefficient (Wildman–Crippen LogP) is 1.63. The Hall–Kier alpha value is -2.63. The lowest BCUT2D eigenvalue weighted by molar-refractivity contribution is 0.102. The zero-order valence-electron chi connectivity index (χ0n) is 10.6. The van der Waals surface area contributed by atoms with Gasteiger partial charge in [-0.15, -0.1) is 0 Å². The zero-order valence-corrected chi connectivity index (χ0v) is 10.6.